The van der Waals surface area contributed by atoms with Crippen LogP contribution in [0, 0.1) is 0 Å². The number of pyridine rings is 1. The molecule has 0 radical (unpaired) electrons. The van der Waals surface area contributed by atoms with Gasteiger partial charge in [0.1, 0.15) is 12.3 Å². The number of rotatable bonds is 6. The highest BCUT2D eigenvalue weighted by molar-refractivity contribution is 6.99. The van der Waals surface area contributed by atoms with E-state index in [-0.39, 0.29) is 5.41 Å². The highest BCUT2D eigenvalue weighted by Crippen LogP contribution is 2.37. The molecule has 9 heteroatoms. The zero-order valence-electron chi connectivity index (χ0n) is 13.2. The summed E-state index contributed by atoms with van der Waals surface area (Å²) in [6.45, 7) is 2.53. The van der Waals surface area contributed by atoms with Crippen molar-refractivity contribution in [1.82, 2.24) is 24.4 Å². The molecular weight excluding hydrogens is 328 g/mol. The molecule has 1 aliphatic heterocycles. The summed E-state index contributed by atoms with van der Waals surface area (Å²) in [5.41, 5.74) is 6.77. The standard InChI is InChI=1S/C15H20N6O2S/c16-14(22)19-10-15(3-7-18-8-4-15)12-13(21-24-20-12)23-9-11-1-5-17-6-2-11/h1-2,5-6,18H,3-4,7-10H2,(H3,16,19,22). The number of nitrogens with zero attached hydrogens (tertiary/aromatic N) is 3. The van der Waals surface area contributed by atoms with Crippen molar-refractivity contribution in [3.8, 4) is 5.88 Å². The Morgan fingerprint density at radius 3 is 2.79 bits per heavy atom. The van der Waals surface area contributed by atoms with Crippen LogP contribution in [0.15, 0.2) is 24.5 Å². The minimum absolute atomic E-state index is 0.305. The fourth-order valence-corrected chi connectivity index (χ4v) is 3.50. The van der Waals surface area contributed by atoms with Crippen LogP contribution in [0.1, 0.15) is 24.1 Å². The lowest BCUT2D eigenvalue weighted by Crippen LogP contribution is -2.49. The average Bonchev–Trinajstić information content (AvgIpc) is 3.09. The van der Waals surface area contributed by atoms with Crippen LogP contribution in [-0.4, -0.2) is 39.4 Å². The van der Waals surface area contributed by atoms with E-state index >= 15 is 0 Å². The first-order valence-electron chi connectivity index (χ1n) is 7.78. The lowest BCUT2D eigenvalue weighted by molar-refractivity contribution is 0.232. The molecule has 0 atom stereocenters. The molecule has 1 saturated heterocycles. The summed E-state index contributed by atoms with van der Waals surface area (Å²) >= 11 is 1.13. The summed E-state index contributed by atoms with van der Waals surface area (Å²) in [5.74, 6) is 0.532. The van der Waals surface area contributed by atoms with Gasteiger partial charge >= 0.3 is 6.03 Å². The molecular formula is C15H20N6O2S. The SMILES string of the molecule is NC(=O)NCC1(c2nsnc2OCc2ccncc2)CCNCC1. The lowest BCUT2D eigenvalue weighted by atomic mass is 9.76. The smallest absolute Gasteiger partial charge is 0.312 e. The van der Waals surface area contributed by atoms with Crippen molar-refractivity contribution in [1.29, 1.82) is 0 Å². The quantitative estimate of drug-likeness (QED) is 0.711. The first-order chi connectivity index (χ1) is 11.7. The number of aromatic nitrogens is 3. The Morgan fingerprint density at radius 2 is 2.08 bits per heavy atom. The first kappa shape index (κ1) is 16.6. The summed E-state index contributed by atoms with van der Waals surface area (Å²) in [5, 5.41) is 6.06. The fraction of sp³-hybridized carbons (Fsp3) is 0.467. The Kier molecular flexibility index (Phi) is 5.21. The van der Waals surface area contributed by atoms with Crippen molar-refractivity contribution in [3.05, 3.63) is 35.8 Å². The van der Waals surface area contributed by atoms with Crippen LogP contribution in [0.25, 0.3) is 0 Å². The molecule has 0 unspecified atom stereocenters. The monoisotopic (exact) mass is 348 g/mol. The molecule has 3 rings (SSSR count). The number of carbonyl (C=O) groups is 1. The van der Waals surface area contributed by atoms with Crippen molar-refractivity contribution in [2.75, 3.05) is 19.6 Å². The first-order valence-corrected chi connectivity index (χ1v) is 8.51. The number of amides is 2. The number of nitrogens with two attached hydrogens (primary N) is 1. The number of ether oxygens (including phenoxy) is 1. The summed E-state index contributed by atoms with van der Waals surface area (Å²) in [7, 11) is 0. The summed E-state index contributed by atoms with van der Waals surface area (Å²) in [4.78, 5) is 15.2. The van der Waals surface area contributed by atoms with Crippen LogP contribution < -0.4 is 21.1 Å². The number of urea groups is 1. The van der Waals surface area contributed by atoms with Gasteiger partial charge < -0.3 is 21.1 Å². The molecule has 1 aliphatic rings. The van der Waals surface area contributed by atoms with Gasteiger partial charge in [-0.1, -0.05) is 0 Å². The molecule has 0 aromatic carbocycles. The van der Waals surface area contributed by atoms with Gasteiger partial charge in [0.2, 0.25) is 5.88 Å². The number of nitrogens with one attached hydrogen (secondary N) is 2. The molecule has 8 nitrogen and oxygen atoms in total. The Balaban J connectivity index is 1.78. The number of carbonyl (C=O) groups excluding carboxylic acids is 1. The maximum Gasteiger partial charge on any atom is 0.312 e. The third kappa shape index (κ3) is 3.80. The molecule has 0 aliphatic carbocycles. The molecule has 0 saturated carbocycles. The Morgan fingerprint density at radius 1 is 1.33 bits per heavy atom. The van der Waals surface area contributed by atoms with Gasteiger partial charge in [0.15, 0.2) is 0 Å². The van der Waals surface area contributed by atoms with Crippen LogP contribution in [0.3, 0.4) is 0 Å². The number of hydrogen-bond acceptors (Lipinski definition) is 7. The largest absolute Gasteiger partial charge is 0.471 e. The maximum atomic E-state index is 11.2. The van der Waals surface area contributed by atoms with E-state index in [4.69, 9.17) is 10.5 Å². The number of hydrogen-bond donors (Lipinski definition) is 3. The highest BCUT2D eigenvalue weighted by Gasteiger charge is 2.39. The van der Waals surface area contributed by atoms with E-state index in [1.54, 1.807) is 12.4 Å². The minimum Gasteiger partial charge on any atom is -0.471 e. The highest BCUT2D eigenvalue weighted by atomic mass is 32.1. The molecule has 1 fully saturated rings. The van der Waals surface area contributed by atoms with Gasteiger partial charge in [-0.05, 0) is 43.6 Å². The topological polar surface area (TPSA) is 115 Å². The zero-order chi connectivity index (χ0) is 16.8. The zero-order valence-corrected chi connectivity index (χ0v) is 14.0. The van der Waals surface area contributed by atoms with Gasteiger partial charge in [-0.2, -0.15) is 4.37 Å². The number of piperidine rings is 1. The van der Waals surface area contributed by atoms with Gasteiger partial charge in [-0.15, -0.1) is 4.37 Å². The van der Waals surface area contributed by atoms with E-state index in [9.17, 15) is 4.79 Å². The lowest BCUT2D eigenvalue weighted by Gasteiger charge is -2.36. The third-order valence-corrected chi connectivity index (χ3v) is 4.76. The second kappa shape index (κ2) is 7.54. The van der Waals surface area contributed by atoms with Crippen molar-refractivity contribution in [2.24, 2.45) is 5.73 Å². The average molecular weight is 348 g/mol. The van der Waals surface area contributed by atoms with Gasteiger partial charge in [-0.25, -0.2) is 4.79 Å². The minimum atomic E-state index is -0.532. The molecule has 3 heterocycles. The summed E-state index contributed by atoms with van der Waals surface area (Å²) < 4.78 is 14.7. The van der Waals surface area contributed by atoms with Gasteiger partial charge in [-0.3, -0.25) is 4.98 Å². The molecule has 24 heavy (non-hydrogen) atoms. The molecule has 128 valence electrons. The second-order valence-corrected chi connectivity index (χ2v) is 6.34. The molecule has 2 aromatic heterocycles. The van der Waals surface area contributed by atoms with Gasteiger partial charge in [0, 0.05) is 24.4 Å². The van der Waals surface area contributed by atoms with Crippen LogP contribution >= 0.6 is 11.7 Å². The van der Waals surface area contributed by atoms with Crippen molar-refractivity contribution in [3.63, 3.8) is 0 Å². The van der Waals surface area contributed by atoms with E-state index in [1.807, 2.05) is 12.1 Å². The number of primary amides is 1. The maximum absolute atomic E-state index is 11.2. The van der Waals surface area contributed by atoms with Crippen LogP contribution in [-0.2, 0) is 12.0 Å². The molecule has 0 spiro atoms. The Bertz CT molecular complexity index is 672. The van der Waals surface area contributed by atoms with Crippen LogP contribution in [0.4, 0.5) is 4.79 Å². The summed E-state index contributed by atoms with van der Waals surface area (Å²) in [6.07, 6.45) is 5.13. The van der Waals surface area contributed by atoms with E-state index in [2.05, 4.69) is 24.4 Å². The van der Waals surface area contributed by atoms with Crippen LogP contribution in [0.2, 0.25) is 0 Å². The van der Waals surface area contributed by atoms with E-state index in [0.29, 0.717) is 19.0 Å². The van der Waals surface area contributed by atoms with E-state index < -0.39 is 6.03 Å². The fourth-order valence-electron chi connectivity index (χ4n) is 2.89. The second-order valence-electron chi connectivity index (χ2n) is 5.81. The normalized spacial score (nSPS) is 16.5. The van der Waals surface area contributed by atoms with Crippen LogP contribution in [0.5, 0.6) is 5.88 Å². The van der Waals surface area contributed by atoms with Gasteiger partial charge in [0.05, 0.1) is 11.7 Å². The predicted octanol–water partition coefficient (Wildman–Crippen LogP) is 0.802. The van der Waals surface area contributed by atoms with Gasteiger partial charge in [0.25, 0.3) is 0 Å². The van der Waals surface area contributed by atoms with Crippen molar-refractivity contribution >= 4 is 17.8 Å². The molecule has 2 aromatic rings. The van der Waals surface area contributed by atoms with Crippen molar-refractivity contribution in [2.45, 2.75) is 24.9 Å². The van der Waals surface area contributed by atoms with E-state index in [0.717, 1.165) is 48.9 Å². The Labute approximate surface area is 144 Å². The summed E-state index contributed by atoms with van der Waals surface area (Å²) in [6, 6.07) is 3.26. The Hall–Kier alpha value is -2.26. The third-order valence-electron chi connectivity index (χ3n) is 4.25. The van der Waals surface area contributed by atoms with E-state index in [1.165, 1.54) is 0 Å². The molecule has 4 N–H and O–H groups in total. The van der Waals surface area contributed by atoms with Crippen molar-refractivity contribution < 1.29 is 9.53 Å². The predicted molar refractivity (Wildman–Crippen MR) is 89.8 cm³/mol. The molecule has 2 amide bonds. The molecule has 0 bridgehead atoms.